The quantitative estimate of drug-likeness (QED) is 0.907. The summed E-state index contributed by atoms with van der Waals surface area (Å²) in [7, 11) is 1.55. The van der Waals surface area contributed by atoms with E-state index in [1.807, 2.05) is 4.90 Å². The first-order chi connectivity index (χ1) is 10.7. The monoisotopic (exact) mass is 303 g/mol. The first-order valence-corrected chi connectivity index (χ1v) is 7.78. The summed E-state index contributed by atoms with van der Waals surface area (Å²) in [5.74, 6) is 0.309. The van der Waals surface area contributed by atoms with Crippen LogP contribution < -0.4 is 5.32 Å². The molecule has 0 aromatic carbocycles. The van der Waals surface area contributed by atoms with Crippen molar-refractivity contribution >= 4 is 11.8 Å². The van der Waals surface area contributed by atoms with Crippen molar-refractivity contribution in [3.8, 4) is 0 Å². The highest BCUT2D eigenvalue weighted by Gasteiger charge is 2.33. The molecule has 2 amide bonds. The number of hydrogen-bond donors (Lipinski definition) is 1. The number of amides is 2. The number of aromatic nitrogens is 1. The summed E-state index contributed by atoms with van der Waals surface area (Å²) < 4.78 is 5.80. The number of carbonyl (C=O) groups excluding carboxylic acids is 2. The Morgan fingerprint density at radius 2 is 2.18 bits per heavy atom. The molecule has 1 aliphatic carbocycles. The zero-order valence-electron chi connectivity index (χ0n) is 12.7. The topological polar surface area (TPSA) is 71.5 Å². The van der Waals surface area contributed by atoms with Crippen LogP contribution in [0.25, 0.3) is 0 Å². The molecule has 0 bridgehead atoms. The van der Waals surface area contributed by atoms with Gasteiger partial charge in [-0.3, -0.25) is 14.6 Å². The fourth-order valence-corrected chi connectivity index (χ4v) is 2.92. The highest BCUT2D eigenvalue weighted by Crippen LogP contribution is 2.32. The number of hydrogen-bond acceptors (Lipinski definition) is 4. The molecule has 1 aliphatic heterocycles. The summed E-state index contributed by atoms with van der Waals surface area (Å²) in [5.41, 5.74) is 0.829. The molecule has 6 nitrogen and oxygen atoms in total. The zero-order chi connectivity index (χ0) is 15.5. The highest BCUT2D eigenvalue weighted by molar-refractivity contribution is 5.96. The Bertz CT molecular complexity index is 554. The van der Waals surface area contributed by atoms with E-state index in [4.69, 9.17) is 4.74 Å². The Balaban J connectivity index is 1.66. The van der Waals surface area contributed by atoms with Crippen LogP contribution in [-0.2, 0) is 4.74 Å². The normalized spacial score (nSPS) is 22.0. The molecule has 0 radical (unpaired) electrons. The van der Waals surface area contributed by atoms with E-state index in [2.05, 4.69) is 10.3 Å². The average Bonchev–Trinajstić information content (AvgIpc) is 2.52. The Labute approximate surface area is 129 Å². The van der Waals surface area contributed by atoms with Crippen LogP contribution in [0.4, 0.5) is 0 Å². The lowest BCUT2D eigenvalue weighted by Gasteiger charge is -2.40. The van der Waals surface area contributed by atoms with Gasteiger partial charge in [-0.25, -0.2) is 0 Å². The number of ether oxygens (including phenoxy) is 1. The third-order valence-corrected chi connectivity index (χ3v) is 4.53. The predicted octanol–water partition coefficient (Wildman–Crippen LogP) is 1.08. The first kappa shape index (κ1) is 15.0. The Hall–Kier alpha value is -1.95. The third kappa shape index (κ3) is 2.97. The molecule has 3 rings (SSSR count). The van der Waals surface area contributed by atoms with Gasteiger partial charge < -0.3 is 15.0 Å². The van der Waals surface area contributed by atoms with Crippen molar-refractivity contribution in [2.75, 3.05) is 26.7 Å². The van der Waals surface area contributed by atoms with E-state index in [0.29, 0.717) is 36.9 Å². The fourth-order valence-electron chi connectivity index (χ4n) is 2.92. The summed E-state index contributed by atoms with van der Waals surface area (Å²) in [5, 5.41) is 2.51. The van der Waals surface area contributed by atoms with E-state index in [1.54, 1.807) is 19.2 Å². The van der Waals surface area contributed by atoms with Gasteiger partial charge in [0.05, 0.1) is 18.3 Å². The maximum atomic E-state index is 12.6. The van der Waals surface area contributed by atoms with Gasteiger partial charge in [0.1, 0.15) is 5.69 Å². The SMILES string of the molecule is CNC(=O)c1ccc(C(=O)N2CCOC(C3CCC3)C2)cn1. The number of nitrogens with one attached hydrogen (secondary N) is 1. The van der Waals surface area contributed by atoms with Crippen molar-refractivity contribution in [3.63, 3.8) is 0 Å². The number of rotatable bonds is 3. The second kappa shape index (κ2) is 6.44. The van der Waals surface area contributed by atoms with Gasteiger partial charge in [-0.15, -0.1) is 0 Å². The van der Waals surface area contributed by atoms with Gasteiger partial charge in [0.15, 0.2) is 0 Å². The molecule has 118 valence electrons. The van der Waals surface area contributed by atoms with Gasteiger partial charge in [-0.2, -0.15) is 0 Å². The lowest BCUT2D eigenvalue weighted by atomic mass is 9.80. The molecule has 2 fully saturated rings. The standard InChI is InChI=1S/C16H21N3O3/c1-17-15(20)13-6-5-12(9-18-13)16(21)19-7-8-22-14(10-19)11-3-2-4-11/h5-6,9,11,14H,2-4,7-8,10H2,1H3,(H,17,20). The van der Waals surface area contributed by atoms with Gasteiger partial charge in [0.25, 0.3) is 11.8 Å². The van der Waals surface area contributed by atoms with E-state index in [1.165, 1.54) is 25.5 Å². The molecule has 1 aromatic heterocycles. The van der Waals surface area contributed by atoms with E-state index >= 15 is 0 Å². The summed E-state index contributed by atoms with van der Waals surface area (Å²) in [6.07, 6.45) is 5.32. The number of nitrogens with zero attached hydrogens (tertiary/aromatic N) is 2. The van der Waals surface area contributed by atoms with Gasteiger partial charge in [-0.1, -0.05) is 6.42 Å². The second-order valence-corrected chi connectivity index (χ2v) is 5.86. The molecule has 1 unspecified atom stereocenters. The van der Waals surface area contributed by atoms with Gasteiger partial charge >= 0.3 is 0 Å². The molecule has 1 aromatic rings. The molecule has 2 aliphatic rings. The molecular formula is C16H21N3O3. The zero-order valence-corrected chi connectivity index (χ0v) is 12.7. The minimum atomic E-state index is -0.254. The molecule has 1 saturated carbocycles. The highest BCUT2D eigenvalue weighted by atomic mass is 16.5. The molecular weight excluding hydrogens is 282 g/mol. The van der Waals surface area contributed by atoms with E-state index in [-0.39, 0.29) is 17.9 Å². The molecule has 0 spiro atoms. The van der Waals surface area contributed by atoms with Crippen LogP contribution in [0.3, 0.4) is 0 Å². The first-order valence-electron chi connectivity index (χ1n) is 7.78. The molecule has 2 heterocycles. The lowest BCUT2D eigenvalue weighted by molar-refractivity contribution is -0.0659. The van der Waals surface area contributed by atoms with Crippen molar-refractivity contribution in [3.05, 3.63) is 29.6 Å². The number of carbonyl (C=O) groups is 2. The van der Waals surface area contributed by atoms with Crippen molar-refractivity contribution in [1.82, 2.24) is 15.2 Å². The van der Waals surface area contributed by atoms with Crippen LogP contribution in [-0.4, -0.2) is 54.5 Å². The molecule has 22 heavy (non-hydrogen) atoms. The minimum Gasteiger partial charge on any atom is -0.374 e. The molecule has 1 N–H and O–H groups in total. The van der Waals surface area contributed by atoms with Crippen molar-refractivity contribution in [2.24, 2.45) is 5.92 Å². The maximum Gasteiger partial charge on any atom is 0.269 e. The van der Waals surface area contributed by atoms with Crippen LogP contribution in [0.5, 0.6) is 0 Å². The summed E-state index contributed by atoms with van der Waals surface area (Å²) in [4.78, 5) is 29.9. The van der Waals surface area contributed by atoms with Crippen LogP contribution in [0.1, 0.15) is 40.1 Å². The van der Waals surface area contributed by atoms with Crippen LogP contribution in [0.2, 0.25) is 0 Å². The molecule has 1 atom stereocenters. The van der Waals surface area contributed by atoms with Crippen LogP contribution in [0, 0.1) is 5.92 Å². The van der Waals surface area contributed by atoms with Gasteiger partial charge in [0.2, 0.25) is 0 Å². The second-order valence-electron chi connectivity index (χ2n) is 5.86. The lowest BCUT2D eigenvalue weighted by Crippen LogP contribution is -2.49. The maximum absolute atomic E-state index is 12.6. The van der Waals surface area contributed by atoms with Crippen LogP contribution >= 0.6 is 0 Å². The van der Waals surface area contributed by atoms with E-state index in [9.17, 15) is 9.59 Å². The van der Waals surface area contributed by atoms with E-state index < -0.39 is 0 Å². The van der Waals surface area contributed by atoms with Gasteiger partial charge in [0, 0.05) is 26.3 Å². The summed E-state index contributed by atoms with van der Waals surface area (Å²) >= 11 is 0. The fraction of sp³-hybridized carbons (Fsp3) is 0.562. The van der Waals surface area contributed by atoms with E-state index in [0.717, 1.165) is 0 Å². The molecule has 1 saturated heterocycles. The predicted molar refractivity (Wildman–Crippen MR) is 80.6 cm³/mol. The number of pyridine rings is 1. The Kier molecular flexibility index (Phi) is 4.38. The van der Waals surface area contributed by atoms with Crippen LogP contribution in [0.15, 0.2) is 18.3 Å². The minimum absolute atomic E-state index is 0.0384. The number of morpholine rings is 1. The van der Waals surface area contributed by atoms with Crippen molar-refractivity contribution < 1.29 is 14.3 Å². The van der Waals surface area contributed by atoms with Crippen molar-refractivity contribution in [2.45, 2.75) is 25.4 Å². The summed E-state index contributed by atoms with van der Waals surface area (Å²) in [6, 6.07) is 3.24. The summed E-state index contributed by atoms with van der Waals surface area (Å²) in [6.45, 7) is 1.86. The van der Waals surface area contributed by atoms with Gasteiger partial charge in [-0.05, 0) is 30.9 Å². The smallest absolute Gasteiger partial charge is 0.269 e. The third-order valence-electron chi connectivity index (χ3n) is 4.53. The Morgan fingerprint density at radius 1 is 1.36 bits per heavy atom. The van der Waals surface area contributed by atoms with Crippen molar-refractivity contribution in [1.29, 1.82) is 0 Å². The largest absolute Gasteiger partial charge is 0.374 e. The average molecular weight is 303 g/mol. The molecule has 6 heteroatoms. The Morgan fingerprint density at radius 3 is 2.77 bits per heavy atom.